The number of furan rings is 1. The Balaban J connectivity index is 1.58. The van der Waals surface area contributed by atoms with Crippen molar-refractivity contribution in [2.45, 2.75) is 39.0 Å². The van der Waals surface area contributed by atoms with Gasteiger partial charge < -0.3 is 9.32 Å². The van der Waals surface area contributed by atoms with Crippen LogP contribution in [0, 0.1) is 17.0 Å². The molecule has 2 heterocycles. The Bertz CT molecular complexity index is 1100. The molecule has 0 bridgehead atoms. The number of likely N-dealkylation sites (tertiary alicyclic amines) is 1. The van der Waals surface area contributed by atoms with Crippen LogP contribution in [0.5, 0.6) is 0 Å². The van der Waals surface area contributed by atoms with Crippen LogP contribution in [0.25, 0.3) is 0 Å². The lowest BCUT2D eigenvalue weighted by molar-refractivity contribution is -0.384. The van der Waals surface area contributed by atoms with E-state index in [-0.39, 0.29) is 22.2 Å². The number of nitrogens with one attached hydrogen (secondary N) is 1. The minimum Gasteiger partial charge on any atom is -0.455 e. The standard InChI is InChI=1S/C21H21ClN4O5/c1-12-18-15(23-24-20(27)13-7-8-14(22)16(11-13)26(29)30)5-4-6-17(18)31-19(12)21(28)25-9-2-3-10-25/h7-8,11H,2-6,9-10H2,1H3,(H,24,27)/b23-15+. The summed E-state index contributed by atoms with van der Waals surface area (Å²) in [6.07, 6.45) is 4.07. The first kappa shape index (κ1) is 21.0. The molecule has 0 radical (unpaired) electrons. The van der Waals surface area contributed by atoms with Crippen LogP contribution in [0.3, 0.4) is 0 Å². The Labute approximate surface area is 183 Å². The molecule has 1 aliphatic carbocycles. The first-order chi connectivity index (χ1) is 14.9. The van der Waals surface area contributed by atoms with E-state index in [1.54, 1.807) is 4.90 Å². The van der Waals surface area contributed by atoms with E-state index in [0.717, 1.165) is 49.5 Å². The van der Waals surface area contributed by atoms with Gasteiger partial charge in [0, 0.05) is 42.3 Å². The number of nitro groups is 1. The predicted molar refractivity (Wildman–Crippen MR) is 114 cm³/mol. The van der Waals surface area contributed by atoms with Gasteiger partial charge in [-0.1, -0.05) is 11.6 Å². The second-order valence-electron chi connectivity index (χ2n) is 7.63. The van der Waals surface area contributed by atoms with Gasteiger partial charge in [0.1, 0.15) is 10.8 Å². The zero-order valence-corrected chi connectivity index (χ0v) is 17.7. The van der Waals surface area contributed by atoms with E-state index in [9.17, 15) is 19.7 Å². The quantitative estimate of drug-likeness (QED) is 0.567. The number of benzene rings is 1. The maximum Gasteiger partial charge on any atom is 0.289 e. The van der Waals surface area contributed by atoms with Crippen molar-refractivity contribution in [2.75, 3.05) is 13.1 Å². The van der Waals surface area contributed by atoms with Gasteiger partial charge in [-0.2, -0.15) is 5.10 Å². The molecule has 31 heavy (non-hydrogen) atoms. The average Bonchev–Trinajstić information content (AvgIpc) is 3.40. The fourth-order valence-electron chi connectivity index (χ4n) is 4.02. The molecule has 0 unspecified atom stereocenters. The van der Waals surface area contributed by atoms with E-state index in [0.29, 0.717) is 30.1 Å². The molecule has 9 nitrogen and oxygen atoms in total. The SMILES string of the molecule is Cc1c(C(=O)N2CCCC2)oc2c1/C(=N/NC(=O)c1ccc(Cl)c([N+](=O)[O-])c1)CCC2. The summed E-state index contributed by atoms with van der Waals surface area (Å²) in [6.45, 7) is 3.29. The van der Waals surface area contributed by atoms with Crippen molar-refractivity contribution >= 4 is 34.8 Å². The van der Waals surface area contributed by atoms with Crippen LogP contribution >= 0.6 is 11.6 Å². The molecule has 1 N–H and O–H groups in total. The minimum absolute atomic E-state index is 0.0472. The van der Waals surface area contributed by atoms with Gasteiger partial charge in [0.25, 0.3) is 17.5 Å². The highest BCUT2D eigenvalue weighted by Gasteiger charge is 2.31. The molecule has 1 aliphatic heterocycles. The number of nitrogens with zero attached hydrogens (tertiary/aromatic N) is 3. The molecule has 162 valence electrons. The van der Waals surface area contributed by atoms with Crippen molar-refractivity contribution in [3.8, 4) is 0 Å². The molecule has 0 saturated carbocycles. The molecule has 0 spiro atoms. The largest absolute Gasteiger partial charge is 0.455 e. The molecule has 2 aliphatic rings. The fraction of sp³-hybridized carbons (Fsp3) is 0.381. The van der Waals surface area contributed by atoms with E-state index >= 15 is 0 Å². The number of carbonyl (C=O) groups is 2. The van der Waals surface area contributed by atoms with Crippen molar-refractivity contribution in [1.82, 2.24) is 10.3 Å². The molecular weight excluding hydrogens is 424 g/mol. The molecular formula is C21H21ClN4O5. The molecule has 1 saturated heterocycles. The molecule has 1 fully saturated rings. The summed E-state index contributed by atoms with van der Waals surface area (Å²) in [5.41, 5.74) is 4.30. The van der Waals surface area contributed by atoms with Crippen LogP contribution < -0.4 is 5.43 Å². The third kappa shape index (κ3) is 4.05. The number of hydrazone groups is 1. The smallest absolute Gasteiger partial charge is 0.289 e. The number of rotatable bonds is 4. The van der Waals surface area contributed by atoms with Crippen LogP contribution in [-0.2, 0) is 6.42 Å². The Kier molecular flexibility index (Phi) is 5.77. The van der Waals surface area contributed by atoms with Gasteiger partial charge in [-0.25, -0.2) is 5.43 Å². The molecule has 0 atom stereocenters. The van der Waals surface area contributed by atoms with Crippen molar-refractivity contribution in [3.63, 3.8) is 0 Å². The topological polar surface area (TPSA) is 118 Å². The number of nitro benzene ring substituents is 1. The lowest BCUT2D eigenvalue weighted by Crippen LogP contribution is -2.27. The second kappa shape index (κ2) is 8.50. The van der Waals surface area contributed by atoms with E-state index in [1.807, 2.05) is 6.92 Å². The predicted octanol–water partition coefficient (Wildman–Crippen LogP) is 3.86. The van der Waals surface area contributed by atoms with Gasteiger partial charge in [0.05, 0.1) is 10.6 Å². The maximum atomic E-state index is 12.8. The van der Waals surface area contributed by atoms with Crippen molar-refractivity contribution < 1.29 is 18.9 Å². The van der Waals surface area contributed by atoms with E-state index in [1.165, 1.54) is 12.1 Å². The Morgan fingerprint density at radius 1 is 1.23 bits per heavy atom. The summed E-state index contributed by atoms with van der Waals surface area (Å²) in [6, 6.07) is 3.81. The number of hydrogen-bond donors (Lipinski definition) is 1. The Morgan fingerprint density at radius 3 is 2.68 bits per heavy atom. The zero-order chi connectivity index (χ0) is 22.1. The van der Waals surface area contributed by atoms with Crippen LogP contribution in [-0.4, -0.2) is 40.4 Å². The van der Waals surface area contributed by atoms with Crippen LogP contribution in [0.4, 0.5) is 5.69 Å². The maximum absolute atomic E-state index is 12.8. The number of carbonyl (C=O) groups excluding carboxylic acids is 2. The lowest BCUT2D eigenvalue weighted by atomic mass is 9.93. The monoisotopic (exact) mass is 444 g/mol. The Morgan fingerprint density at radius 2 is 1.97 bits per heavy atom. The highest BCUT2D eigenvalue weighted by molar-refractivity contribution is 6.32. The summed E-state index contributed by atoms with van der Waals surface area (Å²) in [5, 5.41) is 15.3. The zero-order valence-electron chi connectivity index (χ0n) is 16.9. The first-order valence-electron chi connectivity index (χ1n) is 10.1. The normalized spacial score (nSPS) is 17.0. The van der Waals surface area contributed by atoms with Gasteiger partial charge in [-0.3, -0.25) is 19.7 Å². The van der Waals surface area contributed by atoms with Crippen LogP contribution in [0.15, 0.2) is 27.7 Å². The average molecular weight is 445 g/mol. The number of fused-ring (bicyclic) bond motifs is 1. The molecule has 1 aromatic carbocycles. The first-order valence-corrected chi connectivity index (χ1v) is 10.5. The molecule has 2 amide bonds. The summed E-state index contributed by atoms with van der Waals surface area (Å²) < 4.78 is 5.91. The fourth-order valence-corrected chi connectivity index (χ4v) is 4.21. The number of aryl methyl sites for hydroxylation is 1. The van der Waals surface area contributed by atoms with Crippen molar-refractivity contribution in [3.05, 3.63) is 61.5 Å². The Hall–Kier alpha value is -3.20. The summed E-state index contributed by atoms with van der Waals surface area (Å²) in [4.78, 5) is 37.5. The van der Waals surface area contributed by atoms with Crippen LogP contribution in [0.1, 0.15) is 63.5 Å². The van der Waals surface area contributed by atoms with E-state index in [4.69, 9.17) is 16.0 Å². The highest BCUT2D eigenvalue weighted by atomic mass is 35.5. The van der Waals surface area contributed by atoms with Crippen molar-refractivity contribution in [2.24, 2.45) is 5.10 Å². The van der Waals surface area contributed by atoms with Gasteiger partial charge in [0.2, 0.25) is 0 Å². The summed E-state index contributed by atoms with van der Waals surface area (Å²) in [7, 11) is 0. The molecule has 10 heteroatoms. The highest BCUT2D eigenvalue weighted by Crippen LogP contribution is 2.31. The van der Waals surface area contributed by atoms with Gasteiger partial charge in [-0.15, -0.1) is 0 Å². The molecule has 4 rings (SSSR count). The summed E-state index contributed by atoms with van der Waals surface area (Å²) >= 11 is 5.80. The third-order valence-electron chi connectivity index (χ3n) is 5.61. The number of hydrogen-bond acceptors (Lipinski definition) is 6. The van der Waals surface area contributed by atoms with Gasteiger partial charge in [-0.05, 0) is 44.7 Å². The number of halogens is 1. The molecule has 2 aromatic rings. The van der Waals surface area contributed by atoms with Gasteiger partial charge >= 0.3 is 0 Å². The minimum atomic E-state index is -0.647. The third-order valence-corrected chi connectivity index (χ3v) is 5.93. The lowest BCUT2D eigenvalue weighted by Gasteiger charge is -2.14. The van der Waals surface area contributed by atoms with E-state index in [2.05, 4.69) is 10.5 Å². The number of amides is 2. The van der Waals surface area contributed by atoms with Crippen molar-refractivity contribution in [1.29, 1.82) is 0 Å². The molecule has 1 aromatic heterocycles. The van der Waals surface area contributed by atoms with Gasteiger partial charge in [0.15, 0.2) is 5.76 Å². The van der Waals surface area contributed by atoms with Crippen LogP contribution in [0.2, 0.25) is 5.02 Å². The second-order valence-corrected chi connectivity index (χ2v) is 8.04. The summed E-state index contributed by atoms with van der Waals surface area (Å²) in [5.74, 6) is 0.331. The van der Waals surface area contributed by atoms with E-state index < -0.39 is 10.8 Å².